The number of benzene rings is 2. The Morgan fingerprint density at radius 2 is 1.88 bits per heavy atom. The normalized spacial score (nSPS) is 20.9. The Balaban J connectivity index is 1.51. The Labute approximate surface area is 195 Å². The maximum atomic E-state index is 13.4. The second-order valence-electron chi connectivity index (χ2n) is 9.31. The van der Waals surface area contributed by atoms with Crippen LogP contribution in [0.2, 0.25) is 0 Å². The van der Waals surface area contributed by atoms with E-state index in [1.54, 1.807) is 16.4 Å². The largest absolute Gasteiger partial charge is 0.294 e. The lowest BCUT2D eigenvalue weighted by Gasteiger charge is -2.43. The van der Waals surface area contributed by atoms with Crippen LogP contribution in [0.15, 0.2) is 42.6 Å². The molecule has 1 aromatic heterocycles. The van der Waals surface area contributed by atoms with Gasteiger partial charge in [-0.1, -0.05) is 13.3 Å². The summed E-state index contributed by atoms with van der Waals surface area (Å²) >= 11 is 0. The molecule has 0 bridgehead atoms. The van der Waals surface area contributed by atoms with E-state index in [1.165, 1.54) is 12.1 Å². The molecule has 0 spiro atoms. The van der Waals surface area contributed by atoms with Gasteiger partial charge in [-0.25, -0.2) is 17.5 Å². The van der Waals surface area contributed by atoms with E-state index in [9.17, 15) is 12.8 Å². The number of rotatable bonds is 6. The highest BCUT2D eigenvalue weighted by molar-refractivity contribution is 7.89. The first kappa shape index (κ1) is 22.5. The first-order valence-corrected chi connectivity index (χ1v) is 13.4. The first-order valence-electron chi connectivity index (χ1n) is 11.9. The molecule has 1 aliphatic carbocycles. The third kappa shape index (κ3) is 4.09. The van der Waals surface area contributed by atoms with Gasteiger partial charge in [-0.15, -0.1) is 0 Å². The van der Waals surface area contributed by atoms with Crippen LogP contribution in [0.5, 0.6) is 0 Å². The summed E-state index contributed by atoms with van der Waals surface area (Å²) in [7, 11) is -3.24. The second-order valence-corrected chi connectivity index (χ2v) is 11.5. The highest BCUT2D eigenvalue weighted by Gasteiger charge is 2.40. The fourth-order valence-electron chi connectivity index (χ4n) is 5.10. The molecule has 6 nitrogen and oxygen atoms in total. The summed E-state index contributed by atoms with van der Waals surface area (Å²) in [5, 5.41) is 5.34. The molecule has 2 aromatic carbocycles. The SMILES string of the molecule is CCCN1CCN(S(=O)(=O)C2CCC2)C[C@H]1c1cc2cnn(-c3ccc(F)cc3)c2cc1C. The topological polar surface area (TPSA) is 58.4 Å². The van der Waals surface area contributed by atoms with Crippen molar-refractivity contribution in [3.63, 3.8) is 0 Å². The molecule has 2 fully saturated rings. The highest BCUT2D eigenvalue weighted by atomic mass is 32.2. The van der Waals surface area contributed by atoms with E-state index in [1.807, 2.05) is 10.9 Å². The maximum absolute atomic E-state index is 13.4. The summed E-state index contributed by atoms with van der Waals surface area (Å²) in [5.74, 6) is -0.275. The Morgan fingerprint density at radius 3 is 2.55 bits per heavy atom. The standard InChI is InChI=1S/C25H31FN4O2S/c1-3-11-28-12-13-29(33(31,32)22-5-4-6-22)17-25(28)23-15-19-16-27-30(24(19)14-18(23)2)21-9-7-20(26)8-10-21/h7-10,14-16,22,25H,3-6,11-13,17H2,1-2H3/t25-/m0/s1. The number of aryl methyl sites for hydroxylation is 1. The van der Waals surface area contributed by atoms with Crippen LogP contribution in [0.1, 0.15) is 49.8 Å². The molecular formula is C25H31FN4O2S. The molecule has 0 N–H and O–H groups in total. The molecule has 33 heavy (non-hydrogen) atoms. The maximum Gasteiger partial charge on any atom is 0.217 e. The number of hydrogen-bond donors (Lipinski definition) is 0. The summed E-state index contributed by atoms with van der Waals surface area (Å²) in [6, 6.07) is 10.6. The Morgan fingerprint density at radius 1 is 1.12 bits per heavy atom. The minimum absolute atomic E-state index is 0.0205. The lowest BCUT2D eigenvalue weighted by molar-refractivity contribution is 0.116. The van der Waals surface area contributed by atoms with Gasteiger partial charge in [-0.05, 0) is 80.3 Å². The van der Waals surface area contributed by atoms with E-state index in [4.69, 9.17) is 0 Å². The van der Waals surface area contributed by atoms with Gasteiger partial charge in [-0.3, -0.25) is 4.90 Å². The quantitative estimate of drug-likeness (QED) is 0.535. The van der Waals surface area contributed by atoms with Crippen LogP contribution in [0.25, 0.3) is 16.6 Å². The molecule has 1 atom stereocenters. The van der Waals surface area contributed by atoms with Crippen LogP contribution in [0.4, 0.5) is 4.39 Å². The summed E-state index contributed by atoms with van der Waals surface area (Å²) in [4.78, 5) is 2.42. The molecule has 1 saturated heterocycles. The van der Waals surface area contributed by atoms with Crippen LogP contribution >= 0.6 is 0 Å². The first-order chi connectivity index (χ1) is 15.9. The number of fused-ring (bicyclic) bond motifs is 1. The fourth-order valence-corrected chi connectivity index (χ4v) is 7.13. The molecule has 2 heterocycles. The van der Waals surface area contributed by atoms with E-state index in [-0.39, 0.29) is 17.1 Å². The van der Waals surface area contributed by atoms with Crippen LogP contribution < -0.4 is 0 Å². The lowest BCUT2D eigenvalue weighted by atomic mass is 9.96. The Kier molecular flexibility index (Phi) is 6.01. The van der Waals surface area contributed by atoms with Crippen molar-refractivity contribution in [2.75, 3.05) is 26.2 Å². The van der Waals surface area contributed by atoms with Crippen molar-refractivity contribution >= 4 is 20.9 Å². The molecule has 0 radical (unpaired) electrons. The molecule has 1 saturated carbocycles. The number of nitrogens with zero attached hydrogens (tertiary/aromatic N) is 4. The third-order valence-electron chi connectivity index (χ3n) is 7.18. The summed E-state index contributed by atoms with van der Waals surface area (Å²) in [5.41, 5.74) is 4.03. The molecule has 8 heteroatoms. The van der Waals surface area contributed by atoms with Crippen molar-refractivity contribution in [1.82, 2.24) is 19.0 Å². The van der Waals surface area contributed by atoms with Crippen LogP contribution in [0.3, 0.4) is 0 Å². The second kappa shape index (κ2) is 8.81. The van der Waals surface area contributed by atoms with E-state index >= 15 is 0 Å². The van der Waals surface area contributed by atoms with Crippen molar-refractivity contribution in [3.8, 4) is 5.69 Å². The van der Waals surface area contributed by atoms with E-state index in [0.717, 1.165) is 66.5 Å². The van der Waals surface area contributed by atoms with E-state index in [0.29, 0.717) is 13.1 Å². The molecule has 2 aliphatic rings. The molecule has 3 aromatic rings. The van der Waals surface area contributed by atoms with Crippen molar-refractivity contribution in [3.05, 3.63) is 59.5 Å². The number of aromatic nitrogens is 2. The number of halogens is 1. The van der Waals surface area contributed by atoms with Crippen LogP contribution in [0, 0.1) is 12.7 Å². The molecule has 1 aliphatic heterocycles. The monoisotopic (exact) mass is 470 g/mol. The minimum atomic E-state index is -3.24. The molecular weight excluding hydrogens is 439 g/mol. The van der Waals surface area contributed by atoms with Gasteiger partial charge < -0.3 is 0 Å². The van der Waals surface area contributed by atoms with Gasteiger partial charge >= 0.3 is 0 Å². The van der Waals surface area contributed by atoms with Gasteiger partial charge in [0.05, 0.1) is 22.7 Å². The summed E-state index contributed by atoms with van der Waals surface area (Å²) < 4.78 is 43.2. The van der Waals surface area contributed by atoms with Gasteiger partial charge in [0.15, 0.2) is 0 Å². The van der Waals surface area contributed by atoms with Crippen LogP contribution in [-0.2, 0) is 10.0 Å². The number of piperazine rings is 1. The van der Waals surface area contributed by atoms with Gasteiger partial charge in [0, 0.05) is 31.1 Å². The summed E-state index contributed by atoms with van der Waals surface area (Å²) in [6.07, 6.45) is 5.44. The predicted molar refractivity (Wildman–Crippen MR) is 129 cm³/mol. The lowest BCUT2D eigenvalue weighted by Crippen LogP contribution is -2.53. The van der Waals surface area contributed by atoms with Crippen molar-refractivity contribution in [2.24, 2.45) is 0 Å². The predicted octanol–water partition coefficient (Wildman–Crippen LogP) is 4.42. The van der Waals surface area contributed by atoms with Gasteiger partial charge in [0.1, 0.15) is 5.82 Å². The molecule has 0 amide bonds. The zero-order chi connectivity index (χ0) is 23.2. The molecule has 5 rings (SSSR count). The number of hydrogen-bond acceptors (Lipinski definition) is 4. The van der Waals surface area contributed by atoms with Crippen molar-refractivity contribution < 1.29 is 12.8 Å². The smallest absolute Gasteiger partial charge is 0.217 e. The van der Waals surface area contributed by atoms with Crippen molar-refractivity contribution in [1.29, 1.82) is 0 Å². The zero-order valence-electron chi connectivity index (χ0n) is 19.2. The fraction of sp³-hybridized carbons (Fsp3) is 0.480. The highest BCUT2D eigenvalue weighted by Crippen LogP contribution is 2.35. The van der Waals surface area contributed by atoms with Gasteiger partial charge in [0.2, 0.25) is 10.0 Å². The van der Waals surface area contributed by atoms with Gasteiger partial charge in [0.25, 0.3) is 0 Å². The average Bonchev–Trinajstić information content (AvgIpc) is 3.15. The molecule has 0 unspecified atom stereocenters. The van der Waals surface area contributed by atoms with Crippen LogP contribution in [-0.4, -0.2) is 58.8 Å². The van der Waals surface area contributed by atoms with E-state index in [2.05, 4.69) is 36.0 Å². The van der Waals surface area contributed by atoms with E-state index < -0.39 is 10.0 Å². The van der Waals surface area contributed by atoms with Gasteiger partial charge in [-0.2, -0.15) is 9.40 Å². The zero-order valence-corrected chi connectivity index (χ0v) is 20.1. The Hall–Kier alpha value is -2.29. The third-order valence-corrected chi connectivity index (χ3v) is 9.55. The number of sulfonamides is 1. The summed E-state index contributed by atoms with van der Waals surface area (Å²) in [6.45, 7) is 7.00. The minimum Gasteiger partial charge on any atom is -0.294 e. The Bertz CT molecular complexity index is 1250. The average molecular weight is 471 g/mol. The molecule has 176 valence electrons. The van der Waals surface area contributed by atoms with Crippen molar-refractivity contribution in [2.45, 2.75) is 50.8 Å².